The molecule has 1 atom stereocenters. The minimum absolute atomic E-state index is 0.149. The lowest BCUT2D eigenvalue weighted by molar-refractivity contribution is -0.136. The van der Waals surface area contributed by atoms with Crippen LogP contribution in [-0.2, 0) is 22.6 Å². The number of piperidine rings is 2. The Hall–Kier alpha value is -5.17. The SMILES string of the molecule is O=C1CC[C@H](N2Cc3cc(N4CCN(CC5CCN(c6ccc(C7=C(CC(F)F)CCCc8c7ccc7[nH]nc(F)c87)cc6)CC5)CC4)ccc3C2=O)C(=O)N1. The molecule has 3 saturated heterocycles. The van der Waals surface area contributed by atoms with E-state index >= 15 is 0 Å². The zero-order valence-corrected chi connectivity index (χ0v) is 31.3. The maximum absolute atomic E-state index is 14.8. The molecule has 4 aliphatic heterocycles. The minimum atomic E-state index is -2.46. The number of hydrogen-bond acceptors (Lipinski definition) is 7. The number of hydrogen-bond donors (Lipinski definition) is 2. The number of rotatable bonds is 8. The number of aryl methyl sites for hydroxylation is 1. The number of anilines is 2. The van der Waals surface area contributed by atoms with Crippen molar-refractivity contribution in [2.75, 3.05) is 55.6 Å². The number of piperazine rings is 1. The van der Waals surface area contributed by atoms with Crippen molar-refractivity contribution in [2.24, 2.45) is 5.92 Å². The van der Waals surface area contributed by atoms with Crippen LogP contribution < -0.4 is 15.1 Å². The maximum Gasteiger partial charge on any atom is 0.255 e. The molecule has 1 aliphatic carbocycles. The Labute approximate surface area is 323 Å². The lowest BCUT2D eigenvalue weighted by atomic mass is 9.88. The van der Waals surface area contributed by atoms with E-state index in [0.29, 0.717) is 54.6 Å². The average molecular weight is 766 g/mol. The van der Waals surface area contributed by atoms with E-state index in [4.69, 9.17) is 0 Å². The normalized spacial score (nSPS) is 21.2. The highest BCUT2D eigenvalue weighted by molar-refractivity contribution is 6.05. The van der Waals surface area contributed by atoms with Crippen LogP contribution in [0, 0.1) is 11.9 Å². The molecule has 0 saturated carbocycles. The highest BCUT2D eigenvalue weighted by atomic mass is 19.3. The number of nitrogens with one attached hydrogen (secondary N) is 2. The molecule has 0 unspecified atom stereocenters. The molecule has 1 aromatic heterocycles. The molecular formula is C43H46F3N7O3. The average Bonchev–Trinajstić information content (AvgIpc) is 3.68. The van der Waals surface area contributed by atoms with Crippen LogP contribution in [0.2, 0.25) is 0 Å². The molecule has 13 heteroatoms. The molecule has 3 aromatic carbocycles. The van der Waals surface area contributed by atoms with E-state index in [1.165, 1.54) is 0 Å². The smallest absolute Gasteiger partial charge is 0.255 e. The van der Waals surface area contributed by atoms with Crippen molar-refractivity contribution >= 4 is 45.6 Å². The summed E-state index contributed by atoms with van der Waals surface area (Å²) in [7, 11) is 0. The summed E-state index contributed by atoms with van der Waals surface area (Å²) in [6.07, 6.45) is 1.85. The van der Waals surface area contributed by atoms with Gasteiger partial charge in [-0.3, -0.25) is 29.7 Å². The third-order valence-corrected chi connectivity index (χ3v) is 12.6. The van der Waals surface area contributed by atoms with E-state index in [0.717, 1.165) is 103 Å². The number of allylic oxidation sites excluding steroid dienone is 1. The first-order chi connectivity index (χ1) is 27.2. The van der Waals surface area contributed by atoms with Crippen LogP contribution in [0.25, 0.3) is 16.5 Å². The standard InChI is InChI=1S/C43H46F3N7O3/c44-37(45)23-28-2-1-3-33-34(10-11-35-40(33)41(46)49-48-35)39(28)27-4-6-30(7-5-27)51-16-14-26(15-17-51)24-50-18-20-52(21-19-50)31-8-9-32-29(22-31)25-53(43(32)56)36-12-13-38(54)47-42(36)55/h4-11,22,26,36-37H,1-3,12-21,23-25H2,(H,48,49)(H,47,54,55)/t36-/m0/s1. The fraction of sp³-hybridized carbons (Fsp3) is 0.442. The van der Waals surface area contributed by atoms with E-state index in [9.17, 15) is 27.6 Å². The molecule has 3 amide bonds. The molecule has 292 valence electrons. The summed E-state index contributed by atoms with van der Waals surface area (Å²) in [5.41, 5.74) is 8.46. The Morgan fingerprint density at radius 1 is 0.804 bits per heavy atom. The number of carbonyl (C=O) groups excluding carboxylic acids is 3. The molecule has 5 heterocycles. The summed E-state index contributed by atoms with van der Waals surface area (Å²) < 4.78 is 42.5. The Bertz CT molecular complexity index is 2200. The summed E-state index contributed by atoms with van der Waals surface area (Å²) in [5.74, 6) is -0.775. The van der Waals surface area contributed by atoms with Gasteiger partial charge < -0.3 is 14.7 Å². The molecule has 0 radical (unpaired) electrons. The quantitative estimate of drug-likeness (QED) is 0.203. The number of halogens is 3. The third kappa shape index (κ3) is 6.94. The number of nitrogens with zero attached hydrogens (tertiary/aromatic N) is 5. The van der Waals surface area contributed by atoms with Gasteiger partial charge in [-0.25, -0.2) is 8.78 Å². The second-order valence-corrected chi connectivity index (χ2v) is 16.0. The summed E-state index contributed by atoms with van der Waals surface area (Å²) in [4.78, 5) is 46.2. The first-order valence-corrected chi connectivity index (χ1v) is 20.0. The van der Waals surface area contributed by atoms with E-state index in [1.807, 2.05) is 30.3 Å². The minimum Gasteiger partial charge on any atom is -0.372 e. The molecule has 56 heavy (non-hydrogen) atoms. The highest BCUT2D eigenvalue weighted by Crippen LogP contribution is 2.41. The van der Waals surface area contributed by atoms with Gasteiger partial charge in [0.2, 0.25) is 24.2 Å². The fourth-order valence-electron chi connectivity index (χ4n) is 9.70. The van der Waals surface area contributed by atoms with Crippen LogP contribution in [0.15, 0.2) is 60.2 Å². The Morgan fingerprint density at radius 2 is 1.54 bits per heavy atom. The molecular weight excluding hydrogens is 720 g/mol. The zero-order valence-electron chi connectivity index (χ0n) is 31.3. The van der Waals surface area contributed by atoms with Crippen LogP contribution in [0.4, 0.5) is 24.5 Å². The van der Waals surface area contributed by atoms with E-state index < -0.39 is 24.3 Å². The van der Waals surface area contributed by atoms with Gasteiger partial charge in [0.1, 0.15) is 6.04 Å². The van der Waals surface area contributed by atoms with Gasteiger partial charge in [0, 0.05) is 82.1 Å². The van der Waals surface area contributed by atoms with Crippen molar-refractivity contribution < 1.29 is 27.6 Å². The van der Waals surface area contributed by atoms with Crippen LogP contribution in [0.3, 0.4) is 0 Å². The third-order valence-electron chi connectivity index (χ3n) is 12.6. The maximum atomic E-state index is 14.8. The molecule has 4 aromatic rings. The van der Waals surface area contributed by atoms with Gasteiger partial charge >= 0.3 is 0 Å². The van der Waals surface area contributed by atoms with Gasteiger partial charge in [0.25, 0.3) is 5.91 Å². The predicted molar refractivity (Wildman–Crippen MR) is 208 cm³/mol. The largest absolute Gasteiger partial charge is 0.372 e. The van der Waals surface area contributed by atoms with Crippen molar-refractivity contribution in [3.8, 4) is 0 Å². The zero-order chi connectivity index (χ0) is 38.5. The number of fused-ring (bicyclic) bond motifs is 4. The molecule has 0 spiro atoms. The summed E-state index contributed by atoms with van der Waals surface area (Å²) >= 11 is 0. The first kappa shape index (κ1) is 36.5. The number of benzene rings is 3. The molecule has 9 rings (SSSR count). The highest BCUT2D eigenvalue weighted by Gasteiger charge is 2.39. The lowest BCUT2D eigenvalue weighted by Gasteiger charge is -2.40. The second-order valence-electron chi connectivity index (χ2n) is 16.0. The number of amides is 3. The number of carbonyl (C=O) groups is 3. The molecule has 5 aliphatic rings. The van der Waals surface area contributed by atoms with Crippen LogP contribution in [-0.4, -0.2) is 96.0 Å². The van der Waals surface area contributed by atoms with Crippen molar-refractivity contribution in [3.63, 3.8) is 0 Å². The van der Waals surface area contributed by atoms with Crippen LogP contribution in [0.1, 0.15) is 77.6 Å². The summed E-state index contributed by atoms with van der Waals surface area (Å²) in [6, 6.07) is 17.4. The van der Waals surface area contributed by atoms with Crippen molar-refractivity contribution in [2.45, 2.75) is 70.4 Å². The number of imide groups is 1. The molecule has 3 fully saturated rings. The van der Waals surface area contributed by atoms with Crippen LogP contribution in [0.5, 0.6) is 0 Å². The topological polar surface area (TPSA) is 105 Å². The lowest BCUT2D eigenvalue weighted by Crippen LogP contribution is -2.52. The van der Waals surface area contributed by atoms with Gasteiger partial charge in [0.05, 0.1) is 10.9 Å². The fourth-order valence-corrected chi connectivity index (χ4v) is 9.70. The van der Waals surface area contributed by atoms with Gasteiger partial charge in [-0.05, 0) is 109 Å². The Morgan fingerprint density at radius 3 is 2.29 bits per heavy atom. The number of aromatic nitrogens is 2. The predicted octanol–water partition coefficient (Wildman–Crippen LogP) is 6.30. The van der Waals surface area contributed by atoms with E-state index in [-0.39, 0.29) is 24.7 Å². The Balaban J connectivity index is 0.799. The number of H-pyrrole nitrogens is 1. The first-order valence-electron chi connectivity index (χ1n) is 20.0. The van der Waals surface area contributed by atoms with E-state index in [1.54, 1.807) is 11.0 Å². The van der Waals surface area contributed by atoms with Crippen molar-refractivity contribution in [3.05, 3.63) is 93.9 Å². The van der Waals surface area contributed by atoms with Crippen molar-refractivity contribution in [1.82, 2.24) is 25.3 Å². The number of aromatic amines is 1. The Kier molecular flexibility index (Phi) is 9.81. The summed E-state index contributed by atoms with van der Waals surface area (Å²) in [6.45, 7) is 7.07. The molecule has 2 N–H and O–H groups in total. The van der Waals surface area contributed by atoms with E-state index in [2.05, 4.69) is 48.4 Å². The molecule has 10 nitrogen and oxygen atoms in total. The van der Waals surface area contributed by atoms with Gasteiger partial charge in [-0.15, -0.1) is 5.10 Å². The molecule has 0 bridgehead atoms. The monoisotopic (exact) mass is 765 g/mol. The number of alkyl halides is 2. The second kappa shape index (κ2) is 15.1. The summed E-state index contributed by atoms with van der Waals surface area (Å²) in [5, 5.41) is 9.36. The van der Waals surface area contributed by atoms with Gasteiger partial charge in [-0.1, -0.05) is 23.8 Å². The van der Waals surface area contributed by atoms with Gasteiger partial charge in [-0.2, -0.15) is 4.39 Å². The van der Waals surface area contributed by atoms with Crippen molar-refractivity contribution in [1.29, 1.82) is 0 Å². The van der Waals surface area contributed by atoms with Crippen LogP contribution >= 0.6 is 0 Å². The van der Waals surface area contributed by atoms with Gasteiger partial charge in [0.15, 0.2) is 0 Å².